The summed E-state index contributed by atoms with van der Waals surface area (Å²) in [6.07, 6.45) is 0.909. The van der Waals surface area contributed by atoms with Crippen LogP contribution in [0.2, 0.25) is 5.02 Å². The molecule has 33 heavy (non-hydrogen) atoms. The molecule has 0 aliphatic rings. The SMILES string of the molecule is Cc1cccc(CCC(=O)Cn2nc(-c3ccc(Cl)cc3)n(Cc3cccc(F)c3)c2=O)c1. The molecule has 0 spiro atoms. The summed E-state index contributed by atoms with van der Waals surface area (Å²) >= 11 is 6.01. The second kappa shape index (κ2) is 9.96. The molecule has 0 saturated heterocycles. The van der Waals surface area contributed by atoms with Crippen LogP contribution in [0.3, 0.4) is 0 Å². The maximum Gasteiger partial charge on any atom is 0.346 e. The lowest BCUT2D eigenvalue weighted by atomic mass is 10.1. The number of benzene rings is 3. The molecule has 0 aliphatic heterocycles. The van der Waals surface area contributed by atoms with Gasteiger partial charge in [-0.1, -0.05) is 53.6 Å². The van der Waals surface area contributed by atoms with Gasteiger partial charge in [0.2, 0.25) is 0 Å². The molecule has 0 atom stereocenters. The highest BCUT2D eigenvalue weighted by Gasteiger charge is 2.18. The zero-order valence-electron chi connectivity index (χ0n) is 18.2. The fraction of sp³-hybridized carbons (Fsp3) is 0.192. The first kappa shape index (κ1) is 22.7. The third kappa shape index (κ3) is 5.65. The fourth-order valence-corrected chi connectivity index (χ4v) is 3.84. The van der Waals surface area contributed by atoms with Crippen molar-refractivity contribution < 1.29 is 9.18 Å². The second-order valence-electron chi connectivity index (χ2n) is 8.01. The van der Waals surface area contributed by atoms with Crippen LogP contribution in [0, 0.1) is 12.7 Å². The minimum absolute atomic E-state index is 0.0864. The first-order chi connectivity index (χ1) is 15.9. The Labute approximate surface area is 196 Å². The molecule has 4 rings (SSSR count). The van der Waals surface area contributed by atoms with Crippen molar-refractivity contribution in [1.82, 2.24) is 14.3 Å². The van der Waals surface area contributed by atoms with Crippen LogP contribution in [-0.4, -0.2) is 20.1 Å². The highest BCUT2D eigenvalue weighted by atomic mass is 35.5. The monoisotopic (exact) mass is 463 g/mol. The molecule has 4 aromatic rings. The molecule has 168 valence electrons. The Morgan fingerprint density at radius 3 is 2.45 bits per heavy atom. The second-order valence-corrected chi connectivity index (χ2v) is 8.45. The Balaban J connectivity index is 1.60. The summed E-state index contributed by atoms with van der Waals surface area (Å²) in [6.45, 7) is 2.02. The van der Waals surface area contributed by atoms with Gasteiger partial charge in [0.1, 0.15) is 12.4 Å². The lowest BCUT2D eigenvalue weighted by Gasteiger charge is -2.06. The molecule has 1 aromatic heterocycles. The molecule has 0 aliphatic carbocycles. The van der Waals surface area contributed by atoms with E-state index in [4.69, 9.17) is 11.6 Å². The minimum atomic E-state index is -0.423. The lowest BCUT2D eigenvalue weighted by Crippen LogP contribution is -2.28. The van der Waals surface area contributed by atoms with Crippen LogP contribution < -0.4 is 5.69 Å². The van der Waals surface area contributed by atoms with Gasteiger partial charge in [0.25, 0.3) is 0 Å². The summed E-state index contributed by atoms with van der Waals surface area (Å²) in [5, 5.41) is 5.01. The number of aryl methyl sites for hydroxylation is 2. The zero-order valence-corrected chi connectivity index (χ0v) is 18.9. The number of carbonyl (C=O) groups is 1. The van der Waals surface area contributed by atoms with Crippen LogP contribution in [0.5, 0.6) is 0 Å². The summed E-state index contributed by atoms with van der Waals surface area (Å²) in [6, 6.07) is 21.0. The largest absolute Gasteiger partial charge is 0.346 e. The van der Waals surface area contributed by atoms with E-state index >= 15 is 0 Å². The van der Waals surface area contributed by atoms with Crippen molar-refractivity contribution in [3.8, 4) is 11.4 Å². The van der Waals surface area contributed by atoms with Crippen LogP contribution >= 0.6 is 11.6 Å². The first-order valence-electron chi connectivity index (χ1n) is 10.6. The summed E-state index contributed by atoms with van der Waals surface area (Å²) in [4.78, 5) is 25.8. The average Bonchev–Trinajstić information content (AvgIpc) is 3.08. The zero-order chi connectivity index (χ0) is 23.4. The van der Waals surface area contributed by atoms with Gasteiger partial charge in [0.05, 0.1) is 6.54 Å². The number of ketones is 1. The van der Waals surface area contributed by atoms with Gasteiger partial charge < -0.3 is 0 Å². The Bertz CT molecular complexity index is 1340. The molecule has 1 heterocycles. The Morgan fingerprint density at radius 1 is 1.00 bits per heavy atom. The smallest absolute Gasteiger partial charge is 0.298 e. The van der Waals surface area contributed by atoms with Gasteiger partial charge in [-0.2, -0.15) is 0 Å². The van der Waals surface area contributed by atoms with Gasteiger partial charge in [-0.3, -0.25) is 9.36 Å². The van der Waals surface area contributed by atoms with Crippen molar-refractivity contribution in [2.75, 3.05) is 0 Å². The Kier molecular flexibility index (Phi) is 6.84. The number of nitrogens with zero attached hydrogens (tertiary/aromatic N) is 3. The third-order valence-corrected chi connectivity index (χ3v) is 5.61. The van der Waals surface area contributed by atoms with E-state index in [1.165, 1.54) is 21.4 Å². The molecule has 0 saturated carbocycles. The Hall–Kier alpha value is -3.51. The number of hydrogen-bond acceptors (Lipinski definition) is 3. The maximum absolute atomic E-state index is 13.7. The molecule has 3 aromatic carbocycles. The number of aromatic nitrogens is 3. The molecule has 0 N–H and O–H groups in total. The van der Waals surface area contributed by atoms with Gasteiger partial charge in [0.15, 0.2) is 11.6 Å². The van der Waals surface area contributed by atoms with Crippen molar-refractivity contribution in [3.63, 3.8) is 0 Å². The van der Waals surface area contributed by atoms with E-state index in [1.807, 2.05) is 31.2 Å². The van der Waals surface area contributed by atoms with Crippen molar-refractivity contribution in [3.05, 3.63) is 111 Å². The van der Waals surface area contributed by atoms with E-state index in [2.05, 4.69) is 5.10 Å². The van der Waals surface area contributed by atoms with E-state index in [-0.39, 0.29) is 24.7 Å². The molecule has 7 heteroatoms. The third-order valence-electron chi connectivity index (χ3n) is 5.36. The minimum Gasteiger partial charge on any atom is -0.298 e. The van der Waals surface area contributed by atoms with Crippen molar-refractivity contribution in [2.45, 2.75) is 32.9 Å². The topological polar surface area (TPSA) is 56.9 Å². The summed E-state index contributed by atoms with van der Waals surface area (Å²) < 4.78 is 16.3. The van der Waals surface area contributed by atoms with Gasteiger partial charge in [-0.15, -0.1) is 5.10 Å². The number of Topliss-reactive ketones (excluding diaryl/α,β-unsaturated/α-hetero) is 1. The summed E-state index contributed by atoms with van der Waals surface area (Å²) in [5.41, 5.74) is 3.10. The number of halogens is 2. The van der Waals surface area contributed by atoms with Crippen LogP contribution in [0.4, 0.5) is 4.39 Å². The standard InChI is InChI=1S/C26H23ClFN3O2/c1-18-4-2-5-19(14-18)8-13-24(32)17-31-26(33)30(16-20-6-3-7-23(28)15-20)25(29-31)21-9-11-22(27)12-10-21/h2-7,9-12,14-15H,8,13,16-17H2,1H3. The Morgan fingerprint density at radius 2 is 1.73 bits per heavy atom. The molecule has 0 fully saturated rings. The van der Waals surface area contributed by atoms with Gasteiger partial charge in [-0.05, 0) is 60.9 Å². The summed E-state index contributed by atoms with van der Waals surface area (Å²) in [5.74, 6) is -0.0728. The summed E-state index contributed by atoms with van der Waals surface area (Å²) in [7, 11) is 0. The van der Waals surface area contributed by atoms with Crippen molar-refractivity contribution >= 4 is 17.4 Å². The van der Waals surface area contributed by atoms with Crippen LogP contribution in [-0.2, 0) is 24.3 Å². The van der Waals surface area contributed by atoms with Gasteiger partial charge in [0, 0.05) is 17.0 Å². The van der Waals surface area contributed by atoms with E-state index in [0.717, 1.165) is 11.1 Å². The first-order valence-corrected chi connectivity index (χ1v) is 11.0. The van der Waals surface area contributed by atoms with Crippen molar-refractivity contribution in [1.29, 1.82) is 0 Å². The van der Waals surface area contributed by atoms with E-state index in [0.29, 0.717) is 34.8 Å². The fourth-order valence-electron chi connectivity index (χ4n) is 3.71. The highest BCUT2D eigenvalue weighted by molar-refractivity contribution is 6.30. The highest BCUT2D eigenvalue weighted by Crippen LogP contribution is 2.20. The van der Waals surface area contributed by atoms with E-state index in [1.54, 1.807) is 36.4 Å². The van der Waals surface area contributed by atoms with Crippen LogP contribution in [0.25, 0.3) is 11.4 Å². The molecule has 0 unspecified atom stereocenters. The molecule has 0 radical (unpaired) electrons. The van der Waals surface area contributed by atoms with Gasteiger partial charge in [-0.25, -0.2) is 13.9 Å². The average molecular weight is 464 g/mol. The van der Waals surface area contributed by atoms with Crippen LogP contribution in [0.15, 0.2) is 77.6 Å². The lowest BCUT2D eigenvalue weighted by molar-refractivity contribution is -0.119. The normalized spacial score (nSPS) is 11.0. The van der Waals surface area contributed by atoms with E-state index in [9.17, 15) is 14.0 Å². The van der Waals surface area contributed by atoms with Crippen molar-refractivity contribution in [2.24, 2.45) is 0 Å². The molecular formula is C26H23ClFN3O2. The van der Waals surface area contributed by atoms with Crippen LogP contribution in [0.1, 0.15) is 23.1 Å². The quantitative estimate of drug-likeness (QED) is 0.367. The molecule has 0 bridgehead atoms. The maximum atomic E-state index is 13.7. The molecule has 5 nitrogen and oxygen atoms in total. The number of hydrogen-bond donors (Lipinski definition) is 0. The molecular weight excluding hydrogens is 441 g/mol. The predicted octanol–water partition coefficient (Wildman–Crippen LogP) is 5.06. The molecule has 0 amide bonds. The number of carbonyl (C=O) groups excluding carboxylic acids is 1. The number of rotatable bonds is 8. The predicted molar refractivity (Wildman–Crippen MR) is 127 cm³/mol. The van der Waals surface area contributed by atoms with E-state index < -0.39 is 5.69 Å². The van der Waals surface area contributed by atoms with Gasteiger partial charge >= 0.3 is 5.69 Å².